The molecule has 0 bridgehead atoms. The molecule has 296 valence electrons. The molecule has 4 heterocycles. The Balaban J connectivity index is 1.11. The maximum absolute atomic E-state index is 5.68. The number of amidine groups is 1. The molecule has 4 nitrogen and oxygen atoms in total. The van der Waals surface area contributed by atoms with E-state index in [0.717, 1.165) is 59.5 Å². The molecule has 0 N–H and O–H groups in total. The summed E-state index contributed by atoms with van der Waals surface area (Å²) < 4.78 is 10.5. The molecule has 63 heavy (non-hydrogen) atoms. The second-order valence-electron chi connectivity index (χ2n) is 15.9. The van der Waals surface area contributed by atoms with Crippen molar-refractivity contribution in [3.63, 3.8) is 0 Å². The number of nitrogens with zero attached hydrogens (tertiary/aromatic N) is 4. The van der Waals surface area contributed by atoms with Crippen molar-refractivity contribution in [2.75, 3.05) is 0 Å². The fourth-order valence-electron chi connectivity index (χ4n) is 9.41. The molecule has 0 amide bonds. The average Bonchev–Trinajstić information content (AvgIpc) is 3.98. The van der Waals surface area contributed by atoms with Gasteiger partial charge in [0.25, 0.3) is 0 Å². The molecule has 9 aromatic carbocycles. The normalized spacial score (nSPS) is 13.4. The fourth-order valence-corrected chi connectivity index (χ4v) is 12.4. The summed E-state index contributed by atoms with van der Waals surface area (Å²) in [7, 11) is 0. The summed E-state index contributed by atoms with van der Waals surface area (Å²) in [6, 6.07) is 72.2. The first-order valence-electron chi connectivity index (χ1n) is 21.0. The zero-order valence-corrected chi connectivity index (χ0v) is 36.7. The van der Waals surface area contributed by atoms with Crippen molar-refractivity contribution < 1.29 is 21.2 Å². The van der Waals surface area contributed by atoms with Gasteiger partial charge in [0.15, 0.2) is 0 Å². The van der Waals surface area contributed by atoms with Crippen LogP contribution in [0.15, 0.2) is 220 Å². The molecule has 0 fully saturated rings. The molecule has 13 rings (SSSR count). The van der Waals surface area contributed by atoms with Crippen LogP contribution in [0.1, 0.15) is 11.1 Å². The first kappa shape index (κ1) is 36.3. The third kappa shape index (κ3) is 5.94. The van der Waals surface area contributed by atoms with Crippen LogP contribution in [0.25, 0.3) is 97.1 Å². The van der Waals surface area contributed by atoms with Crippen LogP contribution in [0.2, 0.25) is 0 Å². The number of aliphatic imine (C=N–C) groups is 2. The van der Waals surface area contributed by atoms with Gasteiger partial charge in [-0.15, -0.1) is 0 Å². The van der Waals surface area contributed by atoms with Crippen LogP contribution in [-0.4, -0.2) is 18.8 Å². The van der Waals surface area contributed by atoms with E-state index in [4.69, 9.17) is 9.98 Å². The molecular weight excluding hydrogens is 900 g/mol. The van der Waals surface area contributed by atoms with Gasteiger partial charge in [-0.05, 0) is 0 Å². The van der Waals surface area contributed by atoms with Gasteiger partial charge in [0.05, 0.1) is 0 Å². The van der Waals surface area contributed by atoms with Crippen molar-refractivity contribution in [2.24, 2.45) is 9.98 Å². The maximum atomic E-state index is 5.68. The van der Waals surface area contributed by atoms with E-state index >= 15 is 0 Å². The van der Waals surface area contributed by atoms with Crippen LogP contribution in [0.4, 0.5) is 0 Å². The van der Waals surface area contributed by atoms with E-state index in [1.165, 1.54) is 52.5 Å². The van der Waals surface area contributed by atoms with Gasteiger partial charge in [-0.25, -0.2) is 0 Å². The standard InChI is InChI=1S/C57H34IN4S/c1-2-15-36(16-3-1)37-19-14-20-40(31-37)56-59-48(29-30-58-57(60-56)62-50-26-11-6-21-41(50)42-22-7-12-27-51(42)62)47-34-46-44-24-9-13-28-54(44)63-55(46)35-53(47)61-49-25-10-8-23-43(49)45-32-38-17-4-5-18-39(38)33-52(45)61/h1-28,30-35H/q-1. The van der Waals surface area contributed by atoms with Gasteiger partial charge in [0, 0.05) is 0 Å². The van der Waals surface area contributed by atoms with Crippen LogP contribution in [0.3, 0.4) is 0 Å². The van der Waals surface area contributed by atoms with Gasteiger partial charge < -0.3 is 0 Å². The van der Waals surface area contributed by atoms with Crippen molar-refractivity contribution in [2.45, 2.75) is 0 Å². The predicted molar refractivity (Wildman–Crippen MR) is 263 cm³/mol. The Kier molecular flexibility index (Phi) is 8.44. The summed E-state index contributed by atoms with van der Waals surface area (Å²) in [5, 5.41) is 9.76. The first-order chi connectivity index (χ1) is 31.2. The second kappa shape index (κ2) is 14.6. The third-order valence-electron chi connectivity index (χ3n) is 12.3. The molecule has 0 spiro atoms. The molecule has 3 aromatic heterocycles. The Morgan fingerprint density at radius 2 is 1.02 bits per heavy atom. The minimum atomic E-state index is -0.807. The molecular formula is C57H34IN4S-. The van der Waals surface area contributed by atoms with E-state index in [9.17, 15) is 0 Å². The molecule has 12 aromatic rings. The van der Waals surface area contributed by atoms with E-state index in [2.05, 4.69) is 219 Å². The molecule has 0 atom stereocenters. The molecule has 0 unspecified atom stereocenters. The summed E-state index contributed by atoms with van der Waals surface area (Å²) in [6.45, 7) is 0. The number of para-hydroxylation sites is 3. The van der Waals surface area contributed by atoms with Crippen LogP contribution >= 0.6 is 11.3 Å². The summed E-state index contributed by atoms with van der Waals surface area (Å²) in [5.41, 5.74) is 14.5. The molecule has 6 heteroatoms. The Bertz CT molecular complexity index is 3940. The Morgan fingerprint density at radius 1 is 0.413 bits per heavy atom. The number of benzene rings is 9. The Morgan fingerprint density at radius 3 is 1.78 bits per heavy atom. The van der Waals surface area contributed by atoms with Crippen LogP contribution in [-0.2, 0) is 0 Å². The summed E-state index contributed by atoms with van der Waals surface area (Å²) in [6.07, 6.45) is 0. The number of aromatic nitrogens is 2. The monoisotopic (exact) mass is 933 g/mol. The van der Waals surface area contributed by atoms with Gasteiger partial charge in [-0.1, -0.05) is 0 Å². The first-order valence-corrected chi connectivity index (χ1v) is 24.2. The minimum absolute atomic E-state index is 0.661. The fraction of sp³-hybridized carbons (Fsp3) is 0. The number of fused-ring (bicyclic) bond motifs is 10. The summed E-state index contributed by atoms with van der Waals surface area (Å²) in [5.74, 6) is 0.661. The van der Waals surface area contributed by atoms with Crippen molar-refractivity contribution in [3.8, 4) is 16.8 Å². The zero-order chi connectivity index (χ0) is 41.4. The molecule has 0 aliphatic carbocycles. The Hall–Kier alpha value is -7.35. The van der Waals surface area contributed by atoms with E-state index in [1.54, 1.807) is 0 Å². The molecule has 0 saturated carbocycles. The van der Waals surface area contributed by atoms with Gasteiger partial charge >= 0.3 is 380 Å². The van der Waals surface area contributed by atoms with E-state index in [-0.39, 0.29) is 0 Å². The zero-order valence-electron chi connectivity index (χ0n) is 33.7. The SMILES string of the molecule is C1=C[I-]C(n2c3ccccc3c3ccccc32)=NC(c2cccc(-c3ccccc3)c2)=NC=1c1cc2c(cc1-n1c3ccccc3c3cc4ccccc4cc31)sc1ccccc12. The molecule has 0 saturated heterocycles. The summed E-state index contributed by atoms with van der Waals surface area (Å²) >= 11 is 1.03. The van der Waals surface area contributed by atoms with Crippen molar-refractivity contribution in [3.05, 3.63) is 221 Å². The van der Waals surface area contributed by atoms with E-state index in [1.807, 2.05) is 11.3 Å². The number of hydrogen-bond acceptors (Lipinski definition) is 3. The van der Waals surface area contributed by atoms with E-state index < -0.39 is 21.2 Å². The van der Waals surface area contributed by atoms with Crippen LogP contribution in [0, 0.1) is 0 Å². The number of rotatable bonds is 4. The number of hydrogen-bond donors (Lipinski definition) is 0. The van der Waals surface area contributed by atoms with Crippen molar-refractivity contribution in [1.82, 2.24) is 9.13 Å². The van der Waals surface area contributed by atoms with Crippen molar-refractivity contribution in [1.29, 1.82) is 0 Å². The van der Waals surface area contributed by atoms with Crippen molar-refractivity contribution >= 4 is 101 Å². The van der Waals surface area contributed by atoms with Gasteiger partial charge in [-0.3, -0.25) is 0 Å². The quantitative estimate of drug-likeness (QED) is 0.125. The molecule has 1 aliphatic heterocycles. The number of halogens is 1. The van der Waals surface area contributed by atoms with Gasteiger partial charge in [0.1, 0.15) is 0 Å². The van der Waals surface area contributed by atoms with Crippen LogP contribution < -0.4 is 21.2 Å². The predicted octanol–water partition coefficient (Wildman–Crippen LogP) is 12.0. The topological polar surface area (TPSA) is 34.6 Å². The van der Waals surface area contributed by atoms with Gasteiger partial charge in [0.2, 0.25) is 0 Å². The number of thiophene rings is 1. The van der Waals surface area contributed by atoms with E-state index in [0.29, 0.717) is 5.84 Å². The summed E-state index contributed by atoms with van der Waals surface area (Å²) in [4.78, 5) is 11.4. The Labute approximate surface area is 377 Å². The third-order valence-corrected chi connectivity index (χ3v) is 15.3. The second-order valence-corrected chi connectivity index (χ2v) is 19.2. The van der Waals surface area contributed by atoms with Crippen LogP contribution in [0.5, 0.6) is 0 Å². The molecule has 0 radical (unpaired) electrons. The van der Waals surface area contributed by atoms with Gasteiger partial charge in [-0.2, -0.15) is 0 Å². The average molecular weight is 934 g/mol. The molecule has 1 aliphatic rings.